The maximum absolute atomic E-state index is 11.5. The molecule has 0 saturated carbocycles. The molecule has 1 aromatic carbocycles. The molecule has 1 rings (SSSR count). The van der Waals surface area contributed by atoms with Gasteiger partial charge in [-0.2, -0.15) is 9.59 Å². The first-order valence-electron chi connectivity index (χ1n) is 5.84. The summed E-state index contributed by atoms with van der Waals surface area (Å²) in [5, 5.41) is 0.285. The van der Waals surface area contributed by atoms with Gasteiger partial charge in [-0.3, -0.25) is 4.79 Å². The van der Waals surface area contributed by atoms with E-state index in [1.807, 2.05) is 12.1 Å². The number of carbonyl (C=O) groups excluding carboxylic acids is 3. The number of benzene rings is 1. The molecule has 0 heterocycles. The molecule has 4 heteroatoms. The zero-order valence-electron chi connectivity index (χ0n) is 10.8. The van der Waals surface area contributed by atoms with Crippen molar-refractivity contribution in [3.63, 3.8) is 0 Å². The average molecular weight is 266 g/mol. The molecule has 0 unspecified atom stereocenters. The Morgan fingerprint density at radius 1 is 1.22 bits per heavy atom. The van der Waals surface area contributed by atoms with Crippen molar-refractivity contribution in [2.75, 3.05) is 5.75 Å². The zero-order chi connectivity index (χ0) is 13.8. The fourth-order valence-corrected chi connectivity index (χ4v) is 2.18. The van der Waals surface area contributed by atoms with E-state index in [1.165, 1.54) is 17.3 Å². The lowest BCUT2D eigenvalue weighted by Gasteiger charge is -2.01. The number of hydrogen-bond acceptors (Lipinski definition) is 4. The van der Waals surface area contributed by atoms with E-state index >= 15 is 0 Å². The lowest BCUT2D eigenvalue weighted by atomic mass is 10.1. The van der Waals surface area contributed by atoms with Crippen molar-refractivity contribution in [1.82, 2.24) is 0 Å². The average Bonchev–Trinajstić information content (AvgIpc) is 2.33. The van der Waals surface area contributed by atoms with Crippen LogP contribution in [0.5, 0.6) is 0 Å². The van der Waals surface area contributed by atoms with Crippen molar-refractivity contribution >= 4 is 23.0 Å². The minimum absolute atomic E-state index is 0.250. The number of rotatable bonds is 5. The molecule has 0 atom stereocenters. The summed E-state index contributed by atoms with van der Waals surface area (Å²) >= 11 is 1.46. The molecule has 1 aromatic rings. The first-order valence-corrected chi connectivity index (χ1v) is 6.83. The topological polar surface area (TPSA) is 51.2 Å². The number of unbranched alkanes of at least 4 members (excludes halogenated alkanes) is 1. The highest BCUT2D eigenvalue weighted by atomic mass is 32.2. The second-order valence-electron chi connectivity index (χ2n) is 3.82. The minimum atomic E-state index is 0.250. The predicted molar refractivity (Wildman–Crippen MR) is 72.3 cm³/mol. The molecule has 0 aromatic heterocycles. The molecule has 0 fully saturated rings. The van der Waals surface area contributed by atoms with Crippen LogP contribution in [0.3, 0.4) is 0 Å². The van der Waals surface area contributed by atoms with Crippen LogP contribution in [0.25, 0.3) is 0 Å². The van der Waals surface area contributed by atoms with Gasteiger partial charge in [0.05, 0.1) is 0 Å². The van der Waals surface area contributed by atoms with Gasteiger partial charge in [0.25, 0.3) is 0 Å². The van der Waals surface area contributed by atoms with Gasteiger partial charge >= 0.3 is 6.15 Å². The highest BCUT2D eigenvalue weighted by Gasteiger charge is 2.03. The van der Waals surface area contributed by atoms with Crippen LogP contribution in [0.15, 0.2) is 24.3 Å². The van der Waals surface area contributed by atoms with E-state index in [9.17, 15) is 4.79 Å². The molecular formula is C14H18O3S. The van der Waals surface area contributed by atoms with Crippen LogP contribution < -0.4 is 0 Å². The molecule has 0 radical (unpaired) electrons. The van der Waals surface area contributed by atoms with E-state index in [-0.39, 0.29) is 11.3 Å². The van der Waals surface area contributed by atoms with Crippen molar-refractivity contribution in [1.29, 1.82) is 0 Å². The summed E-state index contributed by atoms with van der Waals surface area (Å²) < 4.78 is 0. The molecule has 3 nitrogen and oxygen atoms in total. The third-order valence-electron chi connectivity index (χ3n) is 2.23. The third-order valence-corrected chi connectivity index (χ3v) is 3.19. The van der Waals surface area contributed by atoms with E-state index in [0.29, 0.717) is 6.42 Å². The van der Waals surface area contributed by atoms with Gasteiger partial charge in [0.15, 0.2) is 5.12 Å². The number of carbonyl (C=O) groups is 1. The van der Waals surface area contributed by atoms with Gasteiger partial charge in [-0.25, -0.2) is 0 Å². The molecule has 0 bridgehead atoms. The van der Waals surface area contributed by atoms with Crippen LogP contribution >= 0.6 is 11.8 Å². The molecule has 0 spiro atoms. The van der Waals surface area contributed by atoms with E-state index in [2.05, 4.69) is 26.0 Å². The highest BCUT2D eigenvalue weighted by molar-refractivity contribution is 8.13. The maximum Gasteiger partial charge on any atom is 0.373 e. The Labute approximate surface area is 112 Å². The third kappa shape index (κ3) is 8.74. The van der Waals surface area contributed by atoms with Gasteiger partial charge in [0.1, 0.15) is 0 Å². The van der Waals surface area contributed by atoms with Crippen LogP contribution in [0.2, 0.25) is 0 Å². The van der Waals surface area contributed by atoms with Gasteiger partial charge in [0, 0.05) is 12.2 Å². The van der Waals surface area contributed by atoms with Crippen molar-refractivity contribution in [2.45, 2.75) is 33.1 Å². The van der Waals surface area contributed by atoms with Crippen LogP contribution in [0.1, 0.15) is 30.9 Å². The molecule has 0 aliphatic heterocycles. The van der Waals surface area contributed by atoms with Crippen LogP contribution in [-0.4, -0.2) is 17.0 Å². The lowest BCUT2D eigenvalue weighted by molar-refractivity contribution is -0.191. The second-order valence-corrected chi connectivity index (χ2v) is 4.97. The fourth-order valence-electron chi connectivity index (χ4n) is 1.25. The summed E-state index contributed by atoms with van der Waals surface area (Å²) in [5.41, 5.74) is 2.36. The van der Waals surface area contributed by atoms with E-state index in [0.717, 1.165) is 24.2 Å². The SMILES string of the molecule is CCCCSC(=O)Cc1ccc(C)cc1.O=C=O. The Hall–Kier alpha value is -1.38. The molecule has 0 N–H and O–H groups in total. The monoisotopic (exact) mass is 266 g/mol. The molecular weight excluding hydrogens is 248 g/mol. The van der Waals surface area contributed by atoms with Crippen LogP contribution in [0, 0.1) is 6.92 Å². The van der Waals surface area contributed by atoms with E-state index in [4.69, 9.17) is 9.59 Å². The van der Waals surface area contributed by atoms with Crippen molar-refractivity contribution in [3.8, 4) is 0 Å². The Bertz CT molecular complexity index is 379. The summed E-state index contributed by atoms with van der Waals surface area (Å²) in [6.45, 7) is 4.20. The molecule has 0 aliphatic rings. The quantitative estimate of drug-likeness (QED) is 0.769. The summed E-state index contributed by atoms with van der Waals surface area (Å²) in [7, 11) is 0. The zero-order valence-corrected chi connectivity index (χ0v) is 11.6. The van der Waals surface area contributed by atoms with Crippen molar-refractivity contribution < 1.29 is 14.4 Å². The summed E-state index contributed by atoms with van der Waals surface area (Å²) in [6, 6.07) is 8.18. The number of hydrogen-bond donors (Lipinski definition) is 0. The molecule has 0 saturated heterocycles. The minimum Gasteiger partial charge on any atom is -0.287 e. The normalized spacial score (nSPS) is 9.00. The smallest absolute Gasteiger partial charge is 0.287 e. The Morgan fingerprint density at radius 3 is 2.28 bits per heavy atom. The van der Waals surface area contributed by atoms with Gasteiger partial charge in [-0.15, -0.1) is 0 Å². The van der Waals surface area contributed by atoms with E-state index in [1.54, 1.807) is 0 Å². The maximum atomic E-state index is 11.5. The summed E-state index contributed by atoms with van der Waals surface area (Å²) in [6.07, 6.45) is 3.10. The predicted octanol–water partition coefficient (Wildman–Crippen LogP) is 3.01. The summed E-state index contributed by atoms with van der Waals surface area (Å²) in [5.74, 6) is 0.960. The lowest BCUT2D eigenvalue weighted by Crippen LogP contribution is -1.98. The van der Waals surface area contributed by atoms with Crippen LogP contribution in [-0.2, 0) is 20.8 Å². The van der Waals surface area contributed by atoms with Crippen molar-refractivity contribution in [2.24, 2.45) is 0 Å². The highest BCUT2D eigenvalue weighted by Crippen LogP contribution is 2.11. The largest absolute Gasteiger partial charge is 0.373 e. The Balaban J connectivity index is 0.000000873. The Kier molecular flexibility index (Phi) is 9.93. The number of thioether (sulfide) groups is 1. The van der Waals surface area contributed by atoms with Gasteiger partial charge < -0.3 is 0 Å². The Morgan fingerprint density at radius 2 is 1.78 bits per heavy atom. The van der Waals surface area contributed by atoms with Gasteiger partial charge in [-0.05, 0) is 18.9 Å². The standard InChI is InChI=1S/C13H18OS.CO2/c1-3-4-9-15-13(14)10-12-7-5-11(2)6-8-12;2-1-3/h5-8H,3-4,9-10H2,1-2H3;. The second kappa shape index (κ2) is 10.8. The van der Waals surface area contributed by atoms with Crippen LogP contribution in [0.4, 0.5) is 0 Å². The van der Waals surface area contributed by atoms with E-state index < -0.39 is 0 Å². The summed E-state index contributed by atoms with van der Waals surface area (Å²) in [4.78, 5) is 27.8. The number of aryl methyl sites for hydroxylation is 1. The molecule has 98 valence electrons. The molecule has 18 heavy (non-hydrogen) atoms. The molecule has 0 amide bonds. The first-order chi connectivity index (χ1) is 8.63. The first kappa shape index (κ1) is 16.6. The molecule has 0 aliphatic carbocycles. The van der Waals surface area contributed by atoms with Gasteiger partial charge in [0.2, 0.25) is 0 Å². The fraction of sp³-hybridized carbons (Fsp3) is 0.429. The van der Waals surface area contributed by atoms with Crippen molar-refractivity contribution in [3.05, 3.63) is 35.4 Å². The van der Waals surface area contributed by atoms with Gasteiger partial charge in [-0.1, -0.05) is 54.9 Å².